The predicted molar refractivity (Wildman–Crippen MR) is 105 cm³/mol. The number of hydrogen-bond donors (Lipinski definition) is 0. The van der Waals surface area contributed by atoms with Gasteiger partial charge < -0.3 is 14.4 Å². The SMILES string of the molecule is CCN(C(=O)COC(=O)COc1cccc2ccccc12)C1CCS(=O)(=O)C1. The summed E-state index contributed by atoms with van der Waals surface area (Å²) in [6.45, 7) is 1.39. The summed E-state index contributed by atoms with van der Waals surface area (Å²) >= 11 is 0. The number of sulfone groups is 1. The lowest BCUT2D eigenvalue weighted by atomic mass is 10.1. The minimum Gasteiger partial charge on any atom is -0.481 e. The zero-order valence-electron chi connectivity index (χ0n) is 15.7. The quantitative estimate of drug-likeness (QED) is 0.653. The number of amides is 1. The summed E-state index contributed by atoms with van der Waals surface area (Å²) in [7, 11) is -3.09. The van der Waals surface area contributed by atoms with E-state index in [0.717, 1.165) is 10.8 Å². The van der Waals surface area contributed by atoms with E-state index in [9.17, 15) is 18.0 Å². The molecular formula is C20H23NO6S. The molecule has 2 aromatic rings. The van der Waals surface area contributed by atoms with Crippen molar-refractivity contribution in [1.29, 1.82) is 0 Å². The summed E-state index contributed by atoms with van der Waals surface area (Å²) in [4.78, 5) is 25.8. The number of carbonyl (C=O) groups is 2. The summed E-state index contributed by atoms with van der Waals surface area (Å²) in [5.74, 6) is -0.447. The number of hydrogen-bond acceptors (Lipinski definition) is 6. The third kappa shape index (κ3) is 4.81. The summed E-state index contributed by atoms with van der Waals surface area (Å²) in [5, 5.41) is 1.88. The molecule has 28 heavy (non-hydrogen) atoms. The highest BCUT2D eigenvalue weighted by molar-refractivity contribution is 7.91. The van der Waals surface area contributed by atoms with Crippen LogP contribution < -0.4 is 4.74 Å². The fraction of sp³-hybridized carbons (Fsp3) is 0.400. The maximum atomic E-state index is 12.3. The van der Waals surface area contributed by atoms with Crippen molar-refractivity contribution in [3.05, 3.63) is 42.5 Å². The average molecular weight is 405 g/mol. The van der Waals surface area contributed by atoms with E-state index in [2.05, 4.69) is 0 Å². The Morgan fingerprint density at radius 2 is 1.86 bits per heavy atom. The molecule has 0 aliphatic carbocycles. The first-order valence-electron chi connectivity index (χ1n) is 9.15. The number of benzene rings is 2. The van der Waals surface area contributed by atoms with Crippen molar-refractivity contribution in [3.8, 4) is 5.75 Å². The Kier molecular flexibility index (Phi) is 6.18. The standard InChI is InChI=1S/C20H23NO6S/c1-2-21(16-10-11-28(24,25)14-16)19(22)12-27-20(23)13-26-18-9-5-7-15-6-3-4-8-17(15)18/h3-9,16H,2,10-14H2,1H3. The molecule has 1 unspecified atom stereocenters. The summed E-state index contributed by atoms with van der Waals surface area (Å²) in [6.07, 6.45) is 0.417. The molecule has 1 heterocycles. The molecule has 1 atom stereocenters. The van der Waals surface area contributed by atoms with Gasteiger partial charge in [-0.25, -0.2) is 13.2 Å². The first-order valence-corrected chi connectivity index (χ1v) is 11.0. The number of carbonyl (C=O) groups excluding carboxylic acids is 2. The molecular weight excluding hydrogens is 382 g/mol. The number of nitrogens with zero attached hydrogens (tertiary/aromatic N) is 1. The van der Waals surface area contributed by atoms with Gasteiger partial charge in [-0.15, -0.1) is 0 Å². The first-order chi connectivity index (χ1) is 13.4. The van der Waals surface area contributed by atoms with Crippen LogP contribution in [0.15, 0.2) is 42.5 Å². The van der Waals surface area contributed by atoms with Crippen LogP contribution in [0.4, 0.5) is 0 Å². The number of likely N-dealkylation sites (N-methyl/N-ethyl adjacent to an activating group) is 1. The fourth-order valence-electron chi connectivity index (χ4n) is 3.38. The lowest BCUT2D eigenvalue weighted by Crippen LogP contribution is -2.43. The molecule has 0 aromatic heterocycles. The molecule has 0 N–H and O–H groups in total. The molecule has 0 spiro atoms. The van der Waals surface area contributed by atoms with Crippen LogP contribution in [-0.4, -0.2) is 62.5 Å². The van der Waals surface area contributed by atoms with Gasteiger partial charge in [-0.2, -0.15) is 0 Å². The van der Waals surface area contributed by atoms with Gasteiger partial charge in [0.15, 0.2) is 23.1 Å². The Morgan fingerprint density at radius 3 is 2.57 bits per heavy atom. The molecule has 1 aliphatic heterocycles. The van der Waals surface area contributed by atoms with Gasteiger partial charge in [-0.3, -0.25) is 4.79 Å². The van der Waals surface area contributed by atoms with E-state index in [-0.39, 0.29) is 24.2 Å². The molecule has 150 valence electrons. The van der Waals surface area contributed by atoms with Crippen LogP contribution >= 0.6 is 0 Å². The molecule has 1 aliphatic rings. The summed E-state index contributed by atoms with van der Waals surface area (Å²) in [5.41, 5.74) is 0. The zero-order chi connectivity index (χ0) is 20.1. The van der Waals surface area contributed by atoms with E-state index in [1.165, 1.54) is 4.90 Å². The van der Waals surface area contributed by atoms with Gasteiger partial charge >= 0.3 is 5.97 Å². The Balaban J connectivity index is 1.51. The van der Waals surface area contributed by atoms with Gasteiger partial charge in [0.2, 0.25) is 0 Å². The normalized spacial score (nSPS) is 18.0. The van der Waals surface area contributed by atoms with Gasteiger partial charge in [0, 0.05) is 18.0 Å². The van der Waals surface area contributed by atoms with Gasteiger partial charge in [0.05, 0.1) is 11.5 Å². The van der Waals surface area contributed by atoms with Crippen molar-refractivity contribution in [2.45, 2.75) is 19.4 Å². The monoisotopic (exact) mass is 405 g/mol. The first kappa shape index (κ1) is 20.1. The number of rotatable bonds is 7. The molecule has 0 bridgehead atoms. The third-order valence-corrected chi connectivity index (χ3v) is 6.51. The second-order valence-electron chi connectivity index (χ2n) is 6.66. The topological polar surface area (TPSA) is 90.0 Å². The van der Waals surface area contributed by atoms with Crippen molar-refractivity contribution in [3.63, 3.8) is 0 Å². The van der Waals surface area contributed by atoms with Crippen LogP contribution in [0, 0.1) is 0 Å². The van der Waals surface area contributed by atoms with Gasteiger partial charge in [0.25, 0.3) is 5.91 Å². The number of fused-ring (bicyclic) bond motifs is 1. The molecule has 2 aromatic carbocycles. The molecule has 3 rings (SSSR count). The average Bonchev–Trinajstić information content (AvgIpc) is 3.04. The Hall–Kier alpha value is -2.61. The van der Waals surface area contributed by atoms with Crippen LogP contribution in [0.3, 0.4) is 0 Å². The molecule has 7 nitrogen and oxygen atoms in total. The Morgan fingerprint density at radius 1 is 1.11 bits per heavy atom. The van der Waals surface area contributed by atoms with Crippen molar-refractivity contribution in [2.24, 2.45) is 0 Å². The maximum absolute atomic E-state index is 12.3. The highest BCUT2D eigenvalue weighted by Gasteiger charge is 2.34. The van der Waals surface area contributed by atoms with Crippen molar-refractivity contribution >= 4 is 32.5 Å². The van der Waals surface area contributed by atoms with Crippen molar-refractivity contribution in [1.82, 2.24) is 4.90 Å². The minimum atomic E-state index is -3.09. The Labute approximate surface area is 164 Å². The van der Waals surface area contributed by atoms with E-state index in [4.69, 9.17) is 9.47 Å². The summed E-state index contributed by atoms with van der Waals surface area (Å²) in [6, 6.07) is 12.8. The molecule has 1 fully saturated rings. The van der Waals surface area contributed by atoms with Gasteiger partial charge in [0.1, 0.15) is 5.75 Å². The highest BCUT2D eigenvalue weighted by Crippen LogP contribution is 2.25. The van der Waals surface area contributed by atoms with Gasteiger partial charge in [-0.05, 0) is 24.8 Å². The van der Waals surface area contributed by atoms with Crippen LogP contribution in [0.25, 0.3) is 10.8 Å². The summed E-state index contributed by atoms with van der Waals surface area (Å²) < 4.78 is 33.8. The van der Waals surface area contributed by atoms with E-state index in [1.54, 1.807) is 13.0 Å². The van der Waals surface area contributed by atoms with Crippen LogP contribution in [0.5, 0.6) is 5.75 Å². The van der Waals surface area contributed by atoms with E-state index in [0.29, 0.717) is 18.7 Å². The fourth-order valence-corrected chi connectivity index (χ4v) is 5.12. The highest BCUT2D eigenvalue weighted by atomic mass is 32.2. The lowest BCUT2D eigenvalue weighted by molar-refractivity contribution is -0.154. The molecule has 8 heteroatoms. The lowest BCUT2D eigenvalue weighted by Gasteiger charge is -2.26. The van der Waals surface area contributed by atoms with E-state index < -0.39 is 28.3 Å². The largest absolute Gasteiger partial charge is 0.481 e. The zero-order valence-corrected chi connectivity index (χ0v) is 16.5. The van der Waals surface area contributed by atoms with Crippen LogP contribution in [0.2, 0.25) is 0 Å². The van der Waals surface area contributed by atoms with Gasteiger partial charge in [-0.1, -0.05) is 36.4 Å². The van der Waals surface area contributed by atoms with E-state index >= 15 is 0 Å². The predicted octanol–water partition coefficient (Wildman–Crippen LogP) is 1.80. The number of esters is 1. The number of ether oxygens (including phenoxy) is 2. The van der Waals surface area contributed by atoms with Crippen molar-refractivity contribution in [2.75, 3.05) is 31.3 Å². The molecule has 0 radical (unpaired) electrons. The second-order valence-corrected chi connectivity index (χ2v) is 8.89. The minimum absolute atomic E-state index is 0.0370. The third-order valence-electron chi connectivity index (χ3n) is 4.76. The molecule has 1 saturated heterocycles. The van der Waals surface area contributed by atoms with Crippen molar-refractivity contribution < 1.29 is 27.5 Å². The van der Waals surface area contributed by atoms with Crippen LogP contribution in [0.1, 0.15) is 13.3 Å². The second kappa shape index (κ2) is 8.60. The molecule has 1 amide bonds. The molecule has 0 saturated carbocycles. The van der Waals surface area contributed by atoms with E-state index in [1.807, 2.05) is 36.4 Å². The van der Waals surface area contributed by atoms with Crippen LogP contribution in [-0.2, 0) is 24.2 Å². The maximum Gasteiger partial charge on any atom is 0.344 e. The smallest absolute Gasteiger partial charge is 0.344 e. The Bertz CT molecular complexity index is 966.